The van der Waals surface area contributed by atoms with Gasteiger partial charge in [0.25, 0.3) is 0 Å². The van der Waals surface area contributed by atoms with Crippen molar-refractivity contribution in [2.75, 3.05) is 5.32 Å². The molecule has 0 heterocycles. The van der Waals surface area contributed by atoms with Crippen LogP contribution in [0.25, 0.3) is 0 Å². The molecule has 3 rings (SSSR count). The molecule has 0 aliphatic heterocycles. The van der Waals surface area contributed by atoms with E-state index in [1.54, 1.807) is 43.3 Å². The average Bonchev–Trinajstić information content (AvgIpc) is 2.82. The van der Waals surface area contributed by atoms with E-state index >= 15 is 0 Å². The van der Waals surface area contributed by atoms with Crippen molar-refractivity contribution in [3.8, 4) is 5.75 Å². The van der Waals surface area contributed by atoms with Gasteiger partial charge in [-0.1, -0.05) is 12.1 Å². The van der Waals surface area contributed by atoms with E-state index in [9.17, 15) is 27.2 Å². The number of anilines is 1. The maximum Gasteiger partial charge on any atom is 0.416 e. The molecule has 2 N–H and O–H groups in total. The van der Waals surface area contributed by atoms with Crippen molar-refractivity contribution in [2.24, 2.45) is 5.10 Å². The van der Waals surface area contributed by atoms with Gasteiger partial charge in [0.2, 0.25) is 0 Å². The van der Waals surface area contributed by atoms with Crippen molar-refractivity contribution < 1.29 is 31.9 Å². The van der Waals surface area contributed by atoms with Gasteiger partial charge in [0, 0.05) is 5.69 Å². The first kappa shape index (κ1) is 24.4. The Morgan fingerprint density at radius 3 is 2.09 bits per heavy atom. The highest BCUT2D eigenvalue weighted by Gasteiger charge is 2.30. The molecule has 0 bridgehead atoms. The third kappa shape index (κ3) is 6.89. The van der Waals surface area contributed by atoms with Gasteiger partial charge < -0.3 is 10.1 Å². The molecule has 2 amide bonds. The second kappa shape index (κ2) is 10.6. The van der Waals surface area contributed by atoms with Crippen molar-refractivity contribution >= 4 is 23.2 Å². The lowest BCUT2D eigenvalue weighted by Crippen LogP contribution is -2.32. The van der Waals surface area contributed by atoms with E-state index in [0.29, 0.717) is 17.0 Å². The molecule has 3 aromatic carbocycles. The number of benzene rings is 3. The predicted molar refractivity (Wildman–Crippen MR) is 118 cm³/mol. The number of carbonyl (C=O) groups is 2. The molecule has 0 saturated carbocycles. The van der Waals surface area contributed by atoms with Gasteiger partial charge in [0.1, 0.15) is 18.2 Å². The fraction of sp³-hybridized carbons (Fsp3) is 0.125. The Labute approximate surface area is 192 Å². The summed E-state index contributed by atoms with van der Waals surface area (Å²) in [5.41, 5.74) is 3.12. The van der Waals surface area contributed by atoms with Crippen LogP contribution in [0.2, 0.25) is 0 Å². The number of amides is 2. The zero-order valence-corrected chi connectivity index (χ0v) is 17.8. The molecule has 0 aliphatic carbocycles. The second-order valence-corrected chi connectivity index (χ2v) is 7.11. The van der Waals surface area contributed by atoms with Crippen molar-refractivity contribution in [1.29, 1.82) is 0 Å². The molecular formula is C24H19F4N3O3. The van der Waals surface area contributed by atoms with Crippen LogP contribution in [0.4, 0.5) is 23.2 Å². The zero-order valence-electron chi connectivity index (χ0n) is 17.8. The molecule has 0 aliphatic rings. The number of ether oxygens (including phenoxy) is 1. The van der Waals surface area contributed by atoms with Crippen LogP contribution in [0, 0.1) is 5.82 Å². The summed E-state index contributed by atoms with van der Waals surface area (Å²) in [4.78, 5) is 23.9. The van der Waals surface area contributed by atoms with Crippen LogP contribution < -0.4 is 15.5 Å². The summed E-state index contributed by atoms with van der Waals surface area (Å²) in [6.45, 7) is 1.87. The molecule has 3 aromatic rings. The van der Waals surface area contributed by atoms with Crippen LogP contribution in [0.5, 0.6) is 5.75 Å². The minimum absolute atomic E-state index is 0.0325. The van der Waals surface area contributed by atoms with Gasteiger partial charge in [0.05, 0.1) is 11.3 Å². The molecule has 0 radical (unpaired) electrons. The Morgan fingerprint density at radius 2 is 1.50 bits per heavy atom. The van der Waals surface area contributed by atoms with E-state index in [-0.39, 0.29) is 18.1 Å². The summed E-state index contributed by atoms with van der Waals surface area (Å²) in [5.74, 6) is -1.92. The lowest BCUT2D eigenvalue weighted by Gasteiger charge is -2.09. The molecule has 0 unspecified atom stereocenters. The van der Waals surface area contributed by atoms with Crippen LogP contribution in [-0.4, -0.2) is 17.5 Å². The Hall–Kier alpha value is -4.21. The Morgan fingerprint density at radius 1 is 0.882 bits per heavy atom. The van der Waals surface area contributed by atoms with Crippen molar-refractivity contribution in [3.63, 3.8) is 0 Å². The van der Waals surface area contributed by atoms with Gasteiger partial charge in [-0.3, -0.25) is 9.59 Å². The van der Waals surface area contributed by atoms with E-state index in [0.717, 1.165) is 29.8 Å². The maximum atomic E-state index is 12.9. The Bertz CT molecular complexity index is 1170. The summed E-state index contributed by atoms with van der Waals surface area (Å²) in [6.07, 6.45) is -4.50. The number of alkyl halides is 3. The number of nitrogens with zero attached hydrogens (tertiary/aromatic N) is 1. The number of hydrazone groups is 1. The molecule has 6 nitrogen and oxygen atoms in total. The number of halogens is 4. The summed E-state index contributed by atoms with van der Waals surface area (Å²) < 4.78 is 56.3. The van der Waals surface area contributed by atoms with Crippen LogP contribution in [0.3, 0.4) is 0 Å². The quantitative estimate of drug-likeness (QED) is 0.231. The first-order valence-electron chi connectivity index (χ1n) is 9.92. The molecular weight excluding hydrogens is 454 g/mol. The molecule has 0 saturated heterocycles. The van der Waals surface area contributed by atoms with Gasteiger partial charge >= 0.3 is 18.0 Å². The van der Waals surface area contributed by atoms with Crippen molar-refractivity contribution in [2.45, 2.75) is 19.7 Å². The predicted octanol–water partition coefficient (Wildman–Crippen LogP) is 4.90. The van der Waals surface area contributed by atoms with Crippen molar-refractivity contribution in [3.05, 3.63) is 95.3 Å². The zero-order chi connectivity index (χ0) is 24.7. The lowest BCUT2D eigenvalue weighted by molar-refractivity contribution is -0.137. The molecule has 0 spiro atoms. The lowest BCUT2D eigenvalue weighted by atomic mass is 10.1. The SMILES string of the molecule is CC(=NNC(=O)C(=O)Nc1ccc(C(F)(F)F)cc1)c1ccc(OCc2ccc(F)cc2)cc1. The minimum Gasteiger partial charge on any atom is -0.489 e. The third-order valence-corrected chi connectivity index (χ3v) is 4.59. The van der Waals surface area contributed by atoms with Crippen LogP contribution >= 0.6 is 0 Å². The van der Waals surface area contributed by atoms with Gasteiger partial charge in [-0.25, -0.2) is 9.82 Å². The highest BCUT2D eigenvalue weighted by molar-refractivity contribution is 6.39. The van der Waals surface area contributed by atoms with E-state index in [1.165, 1.54) is 12.1 Å². The fourth-order valence-corrected chi connectivity index (χ4v) is 2.72. The fourth-order valence-electron chi connectivity index (χ4n) is 2.72. The topological polar surface area (TPSA) is 79.8 Å². The molecule has 0 aromatic heterocycles. The normalized spacial score (nSPS) is 11.6. The molecule has 0 fully saturated rings. The highest BCUT2D eigenvalue weighted by atomic mass is 19.4. The monoisotopic (exact) mass is 473 g/mol. The minimum atomic E-state index is -4.50. The average molecular weight is 473 g/mol. The van der Waals surface area contributed by atoms with Gasteiger partial charge in [-0.05, 0) is 78.7 Å². The Balaban J connectivity index is 1.51. The largest absolute Gasteiger partial charge is 0.489 e. The van der Waals surface area contributed by atoms with Crippen LogP contribution in [0.15, 0.2) is 77.9 Å². The standard InChI is InChI=1S/C24H19F4N3O3/c1-15(17-4-12-21(13-5-17)34-14-16-2-8-19(25)9-3-16)30-31-23(33)22(32)29-20-10-6-18(7-11-20)24(26,27)28/h2-13H,14H2,1H3,(H,29,32)(H,31,33). The second-order valence-electron chi connectivity index (χ2n) is 7.11. The maximum absolute atomic E-state index is 12.9. The van der Waals surface area contributed by atoms with Crippen LogP contribution in [-0.2, 0) is 22.4 Å². The third-order valence-electron chi connectivity index (χ3n) is 4.59. The van der Waals surface area contributed by atoms with E-state index in [2.05, 4.69) is 15.8 Å². The van der Waals surface area contributed by atoms with Crippen molar-refractivity contribution in [1.82, 2.24) is 5.43 Å². The van der Waals surface area contributed by atoms with Crippen LogP contribution in [0.1, 0.15) is 23.6 Å². The number of hydrogen-bond donors (Lipinski definition) is 2. The van der Waals surface area contributed by atoms with Gasteiger partial charge in [0.15, 0.2) is 0 Å². The van der Waals surface area contributed by atoms with E-state index < -0.39 is 23.6 Å². The van der Waals surface area contributed by atoms with Gasteiger partial charge in [-0.15, -0.1) is 0 Å². The summed E-state index contributed by atoms with van der Waals surface area (Å²) in [7, 11) is 0. The smallest absolute Gasteiger partial charge is 0.416 e. The van der Waals surface area contributed by atoms with E-state index in [4.69, 9.17) is 4.74 Å². The molecule has 176 valence electrons. The van der Waals surface area contributed by atoms with E-state index in [1.807, 2.05) is 0 Å². The molecule has 10 heteroatoms. The number of carbonyl (C=O) groups excluding carboxylic acids is 2. The highest BCUT2D eigenvalue weighted by Crippen LogP contribution is 2.29. The van der Waals surface area contributed by atoms with Gasteiger partial charge in [-0.2, -0.15) is 18.3 Å². The first-order valence-corrected chi connectivity index (χ1v) is 9.92. The number of rotatable bonds is 6. The Kier molecular flexibility index (Phi) is 7.62. The number of nitrogens with one attached hydrogen (secondary N) is 2. The number of hydrogen-bond acceptors (Lipinski definition) is 4. The summed E-state index contributed by atoms with van der Waals surface area (Å²) in [6, 6.07) is 16.4. The molecule has 34 heavy (non-hydrogen) atoms. The summed E-state index contributed by atoms with van der Waals surface area (Å²) in [5, 5.41) is 6.06. The summed E-state index contributed by atoms with van der Waals surface area (Å²) >= 11 is 0. The first-order chi connectivity index (χ1) is 16.1. The molecule has 0 atom stereocenters.